The Morgan fingerprint density at radius 3 is 2.14 bits per heavy atom. The molecule has 0 bridgehead atoms. The third-order valence-electron chi connectivity index (χ3n) is 3.08. The van der Waals surface area contributed by atoms with Crippen LogP contribution in [0.2, 0.25) is 0 Å². The van der Waals surface area contributed by atoms with Crippen LogP contribution in [0.4, 0.5) is 17.6 Å². The SMILES string of the molecule is CC(C)(C)OC(=O)[C@@H](N)CCCN1CC(F)(F)C(F)(F)C1. The molecular weight excluding hydrogens is 292 g/mol. The maximum absolute atomic E-state index is 13.0. The van der Waals surface area contributed by atoms with Crippen molar-refractivity contribution >= 4 is 5.97 Å². The van der Waals surface area contributed by atoms with Crippen molar-refractivity contribution in [3.05, 3.63) is 0 Å². The molecule has 1 rings (SSSR count). The number of nitrogens with zero attached hydrogens (tertiary/aromatic N) is 1. The van der Waals surface area contributed by atoms with Crippen molar-refractivity contribution in [3.8, 4) is 0 Å². The van der Waals surface area contributed by atoms with E-state index in [2.05, 4.69) is 0 Å². The molecule has 0 saturated carbocycles. The molecule has 0 aliphatic carbocycles. The summed E-state index contributed by atoms with van der Waals surface area (Å²) in [5.41, 5.74) is 4.97. The molecule has 21 heavy (non-hydrogen) atoms. The number of carbonyl (C=O) groups is 1. The van der Waals surface area contributed by atoms with Gasteiger partial charge in [0.25, 0.3) is 0 Å². The molecule has 1 atom stereocenters. The molecule has 1 aliphatic heterocycles. The number of ether oxygens (including phenoxy) is 1. The first kappa shape index (κ1) is 18.2. The highest BCUT2D eigenvalue weighted by Gasteiger charge is 2.62. The van der Waals surface area contributed by atoms with E-state index < -0.39 is 42.5 Å². The van der Waals surface area contributed by atoms with Crippen molar-refractivity contribution < 1.29 is 27.1 Å². The van der Waals surface area contributed by atoms with E-state index in [-0.39, 0.29) is 19.4 Å². The van der Waals surface area contributed by atoms with Crippen molar-refractivity contribution in [2.45, 2.75) is 57.1 Å². The van der Waals surface area contributed by atoms with Crippen LogP contribution in [0.5, 0.6) is 0 Å². The predicted molar refractivity (Wildman–Crippen MR) is 69.4 cm³/mol. The van der Waals surface area contributed by atoms with Crippen LogP contribution in [0.1, 0.15) is 33.6 Å². The molecule has 8 heteroatoms. The lowest BCUT2D eigenvalue weighted by Crippen LogP contribution is -2.38. The van der Waals surface area contributed by atoms with Crippen LogP contribution >= 0.6 is 0 Å². The van der Waals surface area contributed by atoms with Crippen LogP contribution in [0.3, 0.4) is 0 Å². The topological polar surface area (TPSA) is 55.6 Å². The summed E-state index contributed by atoms with van der Waals surface area (Å²) in [6, 6.07) is -0.882. The Labute approximate surface area is 121 Å². The maximum atomic E-state index is 13.0. The van der Waals surface area contributed by atoms with Gasteiger partial charge in [-0.2, -0.15) is 17.6 Å². The number of hydrogen-bond acceptors (Lipinski definition) is 4. The standard InChI is InChI=1S/C13H22F4N2O2/c1-11(2,3)21-10(20)9(18)5-4-6-19-7-12(14,15)13(16,17)8-19/h9H,4-8,18H2,1-3H3/t9-/m0/s1. The highest BCUT2D eigenvalue weighted by Crippen LogP contribution is 2.40. The molecule has 1 aliphatic rings. The Morgan fingerprint density at radius 1 is 1.24 bits per heavy atom. The molecule has 2 N–H and O–H groups in total. The summed E-state index contributed by atoms with van der Waals surface area (Å²) in [6.45, 7) is 3.20. The van der Waals surface area contributed by atoms with E-state index in [9.17, 15) is 22.4 Å². The van der Waals surface area contributed by atoms with Crippen LogP contribution in [0.25, 0.3) is 0 Å². The van der Waals surface area contributed by atoms with E-state index in [1.54, 1.807) is 20.8 Å². The van der Waals surface area contributed by atoms with E-state index in [1.807, 2.05) is 0 Å². The van der Waals surface area contributed by atoms with Crippen molar-refractivity contribution in [1.82, 2.24) is 4.90 Å². The van der Waals surface area contributed by atoms with Crippen LogP contribution in [-0.4, -0.2) is 54.0 Å². The van der Waals surface area contributed by atoms with Gasteiger partial charge in [0, 0.05) is 0 Å². The van der Waals surface area contributed by atoms with Crippen molar-refractivity contribution in [2.24, 2.45) is 5.73 Å². The molecule has 124 valence electrons. The van der Waals surface area contributed by atoms with Crippen LogP contribution in [0.15, 0.2) is 0 Å². The second-order valence-corrected chi connectivity index (χ2v) is 6.40. The molecule has 0 spiro atoms. The summed E-state index contributed by atoms with van der Waals surface area (Å²) < 4.78 is 57.0. The van der Waals surface area contributed by atoms with Crippen LogP contribution in [0, 0.1) is 0 Å². The van der Waals surface area contributed by atoms with Gasteiger partial charge in [0.05, 0.1) is 13.1 Å². The third-order valence-corrected chi connectivity index (χ3v) is 3.08. The quantitative estimate of drug-likeness (QED) is 0.623. The van der Waals surface area contributed by atoms with Gasteiger partial charge in [0.1, 0.15) is 11.6 Å². The van der Waals surface area contributed by atoms with E-state index in [1.165, 1.54) is 0 Å². The molecule has 1 fully saturated rings. The number of nitrogens with two attached hydrogens (primary N) is 1. The third kappa shape index (κ3) is 5.10. The number of carbonyl (C=O) groups excluding carboxylic acids is 1. The summed E-state index contributed by atoms with van der Waals surface area (Å²) in [5.74, 6) is -8.58. The monoisotopic (exact) mass is 314 g/mol. The largest absolute Gasteiger partial charge is 0.459 e. The van der Waals surface area contributed by atoms with Crippen LogP contribution < -0.4 is 5.73 Å². The molecule has 0 amide bonds. The summed E-state index contributed by atoms with van der Waals surface area (Å²) in [5, 5.41) is 0. The Balaban J connectivity index is 2.33. The van der Waals surface area contributed by atoms with Gasteiger partial charge in [-0.05, 0) is 40.2 Å². The normalized spacial score (nSPS) is 23.0. The molecule has 4 nitrogen and oxygen atoms in total. The van der Waals surface area contributed by atoms with Crippen molar-refractivity contribution in [3.63, 3.8) is 0 Å². The van der Waals surface area contributed by atoms with E-state index in [4.69, 9.17) is 10.5 Å². The zero-order valence-electron chi connectivity index (χ0n) is 12.5. The number of hydrogen-bond donors (Lipinski definition) is 1. The minimum atomic E-state index is -4.00. The molecule has 1 heterocycles. The molecule has 0 aromatic carbocycles. The number of rotatable bonds is 5. The Kier molecular flexibility index (Phi) is 5.26. The van der Waals surface area contributed by atoms with E-state index in [0.717, 1.165) is 4.90 Å². The Morgan fingerprint density at radius 2 is 1.71 bits per heavy atom. The second-order valence-electron chi connectivity index (χ2n) is 6.40. The molecular formula is C13H22F4N2O2. The van der Waals surface area contributed by atoms with Gasteiger partial charge < -0.3 is 10.5 Å². The van der Waals surface area contributed by atoms with Crippen LogP contribution in [-0.2, 0) is 9.53 Å². The minimum absolute atomic E-state index is 0.0433. The number of alkyl halides is 4. The smallest absolute Gasteiger partial charge is 0.323 e. The first-order valence-electron chi connectivity index (χ1n) is 6.80. The Hall–Kier alpha value is -0.890. The number of esters is 1. The highest BCUT2D eigenvalue weighted by atomic mass is 19.3. The lowest BCUT2D eigenvalue weighted by atomic mass is 10.1. The van der Waals surface area contributed by atoms with Gasteiger partial charge in [-0.1, -0.05) is 0 Å². The summed E-state index contributed by atoms with van der Waals surface area (Å²) in [4.78, 5) is 12.6. The van der Waals surface area contributed by atoms with Gasteiger partial charge in [-0.25, -0.2) is 0 Å². The number of likely N-dealkylation sites (tertiary alicyclic amines) is 1. The van der Waals surface area contributed by atoms with Gasteiger partial charge in [0.2, 0.25) is 0 Å². The molecule has 0 unspecified atom stereocenters. The van der Waals surface area contributed by atoms with Gasteiger partial charge in [-0.3, -0.25) is 9.69 Å². The molecule has 0 aromatic rings. The van der Waals surface area contributed by atoms with Gasteiger partial charge >= 0.3 is 17.8 Å². The summed E-state index contributed by atoms with van der Waals surface area (Å²) in [7, 11) is 0. The number of halogens is 4. The van der Waals surface area contributed by atoms with Crippen molar-refractivity contribution in [1.29, 1.82) is 0 Å². The predicted octanol–water partition coefficient (Wildman–Crippen LogP) is 2.02. The molecule has 1 saturated heterocycles. The average Bonchev–Trinajstić information content (AvgIpc) is 2.44. The summed E-state index contributed by atoms with van der Waals surface area (Å²) >= 11 is 0. The fourth-order valence-electron chi connectivity index (χ4n) is 2.04. The first-order chi connectivity index (χ1) is 9.34. The van der Waals surface area contributed by atoms with E-state index in [0.29, 0.717) is 0 Å². The maximum Gasteiger partial charge on any atom is 0.323 e. The highest BCUT2D eigenvalue weighted by molar-refractivity contribution is 5.75. The van der Waals surface area contributed by atoms with Crippen molar-refractivity contribution in [2.75, 3.05) is 19.6 Å². The lowest BCUT2D eigenvalue weighted by Gasteiger charge is -2.22. The Bertz CT molecular complexity index is 367. The fourth-order valence-corrected chi connectivity index (χ4v) is 2.04. The first-order valence-corrected chi connectivity index (χ1v) is 6.80. The van der Waals surface area contributed by atoms with Gasteiger partial charge in [0.15, 0.2) is 0 Å². The van der Waals surface area contributed by atoms with Gasteiger partial charge in [-0.15, -0.1) is 0 Å². The second kappa shape index (κ2) is 6.08. The van der Waals surface area contributed by atoms with E-state index >= 15 is 0 Å². The minimum Gasteiger partial charge on any atom is -0.459 e. The summed E-state index contributed by atoms with van der Waals surface area (Å²) in [6.07, 6.45) is 0.467. The lowest BCUT2D eigenvalue weighted by molar-refractivity contribution is -0.172. The molecule has 0 aromatic heterocycles. The fraction of sp³-hybridized carbons (Fsp3) is 0.923. The zero-order valence-corrected chi connectivity index (χ0v) is 12.5. The zero-order chi connectivity index (χ0) is 16.5. The molecule has 0 radical (unpaired) electrons. The average molecular weight is 314 g/mol.